The summed E-state index contributed by atoms with van der Waals surface area (Å²) in [6.07, 6.45) is 5.84. The van der Waals surface area contributed by atoms with Crippen LogP contribution < -0.4 is 0 Å². The van der Waals surface area contributed by atoms with E-state index in [0.29, 0.717) is 13.1 Å². The highest BCUT2D eigenvalue weighted by Crippen LogP contribution is 2.36. The summed E-state index contributed by atoms with van der Waals surface area (Å²) in [5.41, 5.74) is 5.04. The molecule has 1 saturated carbocycles. The monoisotopic (exact) mass is 424 g/mol. The van der Waals surface area contributed by atoms with E-state index < -0.39 is 5.97 Å². The molecule has 1 amide bonds. The number of carboxylic acid groups (broad SMARTS) is 1. The lowest BCUT2D eigenvalue weighted by atomic mass is 9.76. The highest BCUT2D eigenvalue weighted by Gasteiger charge is 2.37. The number of aliphatic imine (C=N–C) groups is 1. The number of carbonyl (C=O) groups is 2. The van der Waals surface area contributed by atoms with Crippen molar-refractivity contribution >= 4 is 17.6 Å². The molecule has 2 aliphatic heterocycles. The van der Waals surface area contributed by atoms with Crippen molar-refractivity contribution in [1.29, 1.82) is 0 Å². The fraction of sp³-hybridized carbons (Fsp3) is 0.654. The normalized spacial score (nSPS) is 24.2. The minimum atomic E-state index is -0.741. The van der Waals surface area contributed by atoms with Gasteiger partial charge in [-0.2, -0.15) is 0 Å². The van der Waals surface area contributed by atoms with Crippen LogP contribution in [0.4, 0.5) is 0 Å². The van der Waals surface area contributed by atoms with Gasteiger partial charge >= 0.3 is 5.97 Å². The lowest BCUT2D eigenvalue weighted by molar-refractivity contribution is -0.142. The predicted octanol–water partition coefficient (Wildman–Crippen LogP) is 4.46. The Morgan fingerprint density at radius 1 is 1.16 bits per heavy atom. The van der Waals surface area contributed by atoms with Gasteiger partial charge in [0.15, 0.2) is 0 Å². The second-order valence-corrected chi connectivity index (χ2v) is 10.7. The van der Waals surface area contributed by atoms with Crippen LogP contribution in [-0.2, 0) is 21.4 Å². The smallest absolute Gasteiger partial charge is 0.303 e. The minimum Gasteiger partial charge on any atom is -0.481 e. The number of nitrogens with zero attached hydrogens (tertiary/aromatic N) is 2. The molecule has 0 aromatic heterocycles. The average molecular weight is 425 g/mol. The van der Waals surface area contributed by atoms with Gasteiger partial charge < -0.3 is 10.0 Å². The molecule has 1 N–H and O–H groups in total. The maximum Gasteiger partial charge on any atom is 0.303 e. The quantitative estimate of drug-likeness (QED) is 0.759. The molecule has 1 aromatic rings. The molecular formula is C26H36N2O3. The first-order valence-corrected chi connectivity index (χ1v) is 11.9. The molecule has 5 nitrogen and oxygen atoms in total. The molecule has 2 heterocycles. The number of hydrogen-bond acceptors (Lipinski definition) is 3. The van der Waals surface area contributed by atoms with Crippen molar-refractivity contribution in [2.75, 3.05) is 19.6 Å². The summed E-state index contributed by atoms with van der Waals surface area (Å²) in [4.78, 5) is 31.3. The summed E-state index contributed by atoms with van der Waals surface area (Å²) in [5, 5.41) is 9.47. The third-order valence-corrected chi connectivity index (χ3v) is 7.52. The molecule has 168 valence electrons. The van der Waals surface area contributed by atoms with Crippen LogP contribution in [0.15, 0.2) is 23.2 Å². The van der Waals surface area contributed by atoms with Crippen molar-refractivity contribution < 1.29 is 14.7 Å². The van der Waals surface area contributed by atoms with Crippen molar-refractivity contribution in [2.45, 2.75) is 71.1 Å². The van der Waals surface area contributed by atoms with Crippen LogP contribution in [0.1, 0.15) is 76.0 Å². The van der Waals surface area contributed by atoms with Gasteiger partial charge in [0.2, 0.25) is 5.91 Å². The molecule has 5 heteroatoms. The third-order valence-electron chi connectivity index (χ3n) is 7.52. The fourth-order valence-electron chi connectivity index (χ4n) is 5.27. The van der Waals surface area contributed by atoms with E-state index in [2.05, 4.69) is 39.0 Å². The highest BCUT2D eigenvalue weighted by atomic mass is 16.4. The number of amides is 1. The van der Waals surface area contributed by atoms with Crippen LogP contribution in [-0.4, -0.2) is 47.2 Å². The molecule has 1 saturated heterocycles. The van der Waals surface area contributed by atoms with Gasteiger partial charge in [-0.15, -0.1) is 0 Å². The van der Waals surface area contributed by atoms with E-state index in [-0.39, 0.29) is 35.5 Å². The number of aliphatic carboxylic acids is 1. The maximum atomic E-state index is 12.9. The van der Waals surface area contributed by atoms with Gasteiger partial charge in [0.1, 0.15) is 0 Å². The Hall–Kier alpha value is -2.17. The first-order valence-electron chi connectivity index (χ1n) is 11.9. The Morgan fingerprint density at radius 2 is 1.94 bits per heavy atom. The van der Waals surface area contributed by atoms with Crippen LogP contribution in [0.5, 0.6) is 0 Å². The second-order valence-electron chi connectivity index (χ2n) is 10.7. The highest BCUT2D eigenvalue weighted by molar-refractivity contribution is 6.03. The number of fused-ring (bicyclic) bond motifs is 1. The van der Waals surface area contributed by atoms with E-state index >= 15 is 0 Å². The second kappa shape index (κ2) is 8.76. The summed E-state index contributed by atoms with van der Waals surface area (Å²) in [6.45, 7) is 8.83. The molecule has 4 rings (SSSR count). The maximum absolute atomic E-state index is 12.9. The SMILES string of the molecule is CC(C)(C)c1ccc2c(c1)C(CC1CN(C(=O)C3CCC3)CCC1CC(=O)O)=NCC2. The number of rotatable bonds is 5. The van der Waals surface area contributed by atoms with Crippen LogP contribution in [0, 0.1) is 17.8 Å². The summed E-state index contributed by atoms with van der Waals surface area (Å²) in [7, 11) is 0. The number of piperidine rings is 1. The molecule has 2 fully saturated rings. The van der Waals surface area contributed by atoms with Crippen molar-refractivity contribution in [3.05, 3.63) is 34.9 Å². The average Bonchev–Trinajstić information content (AvgIpc) is 2.66. The van der Waals surface area contributed by atoms with E-state index in [4.69, 9.17) is 4.99 Å². The number of carbonyl (C=O) groups excluding carboxylic acids is 1. The van der Waals surface area contributed by atoms with Crippen molar-refractivity contribution in [2.24, 2.45) is 22.7 Å². The van der Waals surface area contributed by atoms with Gasteiger partial charge in [0.25, 0.3) is 0 Å². The zero-order chi connectivity index (χ0) is 22.2. The Bertz CT molecular complexity index is 879. The van der Waals surface area contributed by atoms with Crippen LogP contribution in [0.3, 0.4) is 0 Å². The van der Waals surface area contributed by atoms with E-state index in [1.54, 1.807) is 0 Å². The first-order chi connectivity index (χ1) is 14.7. The summed E-state index contributed by atoms with van der Waals surface area (Å²) in [6, 6.07) is 6.76. The molecule has 1 aliphatic carbocycles. The van der Waals surface area contributed by atoms with Gasteiger partial charge in [0, 0.05) is 37.7 Å². The molecular weight excluding hydrogens is 388 g/mol. The Balaban J connectivity index is 1.56. The van der Waals surface area contributed by atoms with Gasteiger partial charge in [-0.25, -0.2) is 0 Å². The van der Waals surface area contributed by atoms with E-state index in [1.165, 1.54) is 16.7 Å². The van der Waals surface area contributed by atoms with Crippen molar-refractivity contribution in [1.82, 2.24) is 4.90 Å². The molecule has 31 heavy (non-hydrogen) atoms. The Labute approximate surface area is 185 Å². The van der Waals surface area contributed by atoms with E-state index in [1.807, 2.05) is 4.90 Å². The van der Waals surface area contributed by atoms with Gasteiger partial charge in [-0.05, 0) is 72.1 Å². The Morgan fingerprint density at radius 3 is 2.58 bits per heavy atom. The van der Waals surface area contributed by atoms with Crippen molar-refractivity contribution in [3.63, 3.8) is 0 Å². The zero-order valence-electron chi connectivity index (χ0n) is 19.2. The van der Waals surface area contributed by atoms with Crippen molar-refractivity contribution in [3.8, 4) is 0 Å². The fourth-order valence-corrected chi connectivity index (χ4v) is 5.27. The third kappa shape index (κ3) is 4.86. The van der Waals surface area contributed by atoms with E-state index in [0.717, 1.165) is 50.8 Å². The molecule has 0 spiro atoms. The van der Waals surface area contributed by atoms with E-state index in [9.17, 15) is 14.7 Å². The predicted molar refractivity (Wildman–Crippen MR) is 123 cm³/mol. The minimum absolute atomic E-state index is 0.0697. The standard InChI is InChI=1S/C26H36N2O3/c1-26(2,3)21-8-7-17-9-11-27-23(22(17)15-21)13-20-16-28(25(31)18-5-4-6-18)12-10-19(20)14-24(29)30/h7-8,15,18-20H,4-6,9-14,16H2,1-3H3,(H,29,30). The number of carboxylic acids is 1. The van der Waals surface area contributed by atoms with Crippen LogP contribution in [0.2, 0.25) is 0 Å². The molecule has 2 unspecified atom stereocenters. The van der Waals surface area contributed by atoms with Crippen LogP contribution in [0.25, 0.3) is 0 Å². The lowest BCUT2D eigenvalue weighted by Gasteiger charge is -2.41. The summed E-state index contributed by atoms with van der Waals surface area (Å²) >= 11 is 0. The molecule has 0 bridgehead atoms. The Kier molecular flexibility index (Phi) is 6.23. The molecule has 1 aromatic carbocycles. The van der Waals surface area contributed by atoms with Gasteiger partial charge in [0.05, 0.1) is 0 Å². The van der Waals surface area contributed by atoms with Crippen LogP contribution >= 0.6 is 0 Å². The molecule has 3 aliphatic rings. The first kappa shape index (κ1) is 22.0. The molecule has 2 atom stereocenters. The molecule has 0 radical (unpaired) electrons. The van der Waals surface area contributed by atoms with Gasteiger partial charge in [-0.3, -0.25) is 14.6 Å². The summed E-state index contributed by atoms with van der Waals surface area (Å²) < 4.78 is 0. The summed E-state index contributed by atoms with van der Waals surface area (Å²) in [5.74, 6) is -0.0155. The zero-order valence-corrected chi connectivity index (χ0v) is 19.2. The number of likely N-dealkylation sites (tertiary alicyclic amines) is 1. The number of benzene rings is 1. The topological polar surface area (TPSA) is 70.0 Å². The van der Waals surface area contributed by atoms with Gasteiger partial charge in [-0.1, -0.05) is 39.3 Å². The largest absolute Gasteiger partial charge is 0.481 e. The lowest BCUT2D eigenvalue weighted by Crippen LogP contribution is -2.48. The number of hydrogen-bond donors (Lipinski definition) is 1.